The van der Waals surface area contributed by atoms with Crippen LogP contribution >= 0.6 is 0 Å². The Bertz CT molecular complexity index is 1040. The van der Waals surface area contributed by atoms with Gasteiger partial charge in [-0.1, -0.05) is 48.5 Å². The van der Waals surface area contributed by atoms with E-state index in [1.165, 1.54) is 11.1 Å². The Labute approximate surface area is 179 Å². The van der Waals surface area contributed by atoms with Crippen molar-refractivity contribution in [2.45, 2.75) is 30.0 Å². The second-order valence-electron chi connectivity index (χ2n) is 9.19. The molecule has 2 aromatic rings. The van der Waals surface area contributed by atoms with Crippen LogP contribution in [0.4, 0.5) is 4.79 Å². The highest BCUT2D eigenvalue weighted by molar-refractivity contribution is 5.81. The summed E-state index contributed by atoms with van der Waals surface area (Å²) in [7, 11) is 0. The van der Waals surface area contributed by atoms with Gasteiger partial charge in [-0.3, -0.25) is 4.79 Å². The second-order valence-corrected chi connectivity index (χ2v) is 9.19. The van der Waals surface area contributed by atoms with E-state index in [4.69, 9.17) is 14.2 Å². The van der Waals surface area contributed by atoms with Gasteiger partial charge in [-0.15, -0.1) is 0 Å². The van der Waals surface area contributed by atoms with Crippen molar-refractivity contribution >= 4 is 12.1 Å². The number of nitrogens with one attached hydrogen (secondary N) is 1. The van der Waals surface area contributed by atoms with Crippen molar-refractivity contribution in [2.75, 3.05) is 26.4 Å². The number of aliphatic carboxylic acids is 1. The Balaban J connectivity index is 1.10. The Morgan fingerprint density at radius 1 is 1.03 bits per heavy atom. The number of amides is 1. The predicted octanol–water partition coefficient (Wildman–Crippen LogP) is 2.93. The molecule has 2 aliphatic carbocycles. The number of carbonyl (C=O) groups excluding carboxylic acids is 1. The molecule has 2 N–H and O–H groups in total. The number of rotatable bonds is 5. The first-order chi connectivity index (χ1) is 15.0. The lowest BCUT2D eigenvalue weighted by Crippen LogP contribution is -2.63. The fraction of sp³-hybridized carbons (Fsp3) is 0.417. The van der Waals surface area contributed by atoms with Crippen molar-refractivity contribution in [1.29, 1.82) is 0 Å². The van der Waals surface area contributed by atoms with Crippen LogP contribution in [-0.4, -0.2) is 54.7 Å². The van der Waals surface area contributed by atoms with Gasteiger partial charge in [-0.2, -0.15) is 0 Å². The average Bonchev–Trinajstić information content (AvgIpc) is 3.33. The number of hydrogen-bond donors (Lipinski definition) is 2. The minimum Gasteiger partial charge on any atom is -0.481 e. The molecule has 2 bridgehead atoms. The van der Waals surface area contributed by atoms with Crippen LogP contribution in [0.1, 0.15) is 29.9 Å². The first-order valence-electron chi connectivity index (χ1n) is 10.6. The summed E-state index contributed by atoms with van der Waals surface area (Å²) in [6, 6.07) is 16.4. The van der Waals surface area contributed by atoms with Gasteiger partial charge in [0.1, 0.15) is 17.6 Å². The Morgan fingerprint density at radius 3 is 2.16 bits per heavy atom. The lowest BCUT2D eigenvalue weighted by atomic mass is 9.55. The van der Waals surface area contributed by atoms with Crippen molar-refractivity contribution in [3.8, 4) is 11.1 Å². The first kappa shape index (κ1) is 18.8. The van der Waals surface area contributed by atoms with E-state index < -0.39 is 28.7 Å². The van der Waals surface area contributed by atoms with Crippen molar-refractivity contribution in [2.24, 2.45) is 5.41 Å². The van der Waals surface area contributed by atoms with Crippen molar-refractivity contribution in [1.82, 2.24) is 5.32 Å². The van der Waals surface area contributed by atoms with Gasteiger partial charge >= 0.3 is 12.1 Å². The van der Waals surface area contributed by atoms with Crippen LogP contribution in [0.2, 0.25) is 0 Å². The lowest BCUT2D eigenvalue weighted by Gasteiger charge is -2.47. The van der Waals surface area contributed by atoms with Gasteiger partial charge in [0.25, 0.3) is 0 Å². The number of ether oxygens (including phenoxy) is 3. The molecule has 3 saturated heterocycles. The molecule has 3 aliphatic heterocycles. The highest BCUT2D eigenvalue weighted by Gasteiger charge is 2.80. The zero-order valence-electron chi connectivity index (χ0n) is 16.9. The molecule has 5 aliphatic rings. The van der Waals surface area contributed by atoms with E-state index in [0.29, 0.717) is 26.1 Å². The van der Waals surface area contributed by atoms with Gasteiger partial charge < -0.3 is 24.6 Å². The molecule has 2 aromatic carbocycles. The molecule has 31 heavy (non-hydrogen) atoms. The summed E-state index contributed by atoms with van der Waals surface area (Å²) >= 11 is 0. The number of benzene rings is 2. The predicted molar refractivity (Wildman–Crippen MR) is 110 cm³/mol. The Kier molecular flexibility index (Phi) is 3.83. The van der Waals surface area contributed by atoms with E-state index in [-0.39, 0.29) is 19.1 Å². The van der Waals surface area contributed by atoms with Crippen molar-refractivity contribution < 1.29 is 28.9 Å². The lowest BCUT2D eigenvalue weighted by molar-refractivity contribution is -0.219. The zero-order valence-corrected chi connectivity index (χ0v) is 16.9. The van der Waals surface area contributed by atoms with Crippen LogP contribution < -0.4 is 5.32 Å². The molecule has 3 heterocycles. The molecule has 7 nitrogen and oxygen atoms in total. The maximum absolute atomic E-state index is 12.5. The van der Waals surface area contributed by atoms with E-state index in [1.807, 2.05) is 24.3 Å². The Morgan fingerprint density at radius 2 is 1.65 bits per heavy atom. The molecule has 7 rings (SSSR count). The average molecular weight is 421 g/mol. The quantitative estimate of drug-likeness (QED) is 0.771. The summed E-state index contributed by atoms with van der Waals surface area (Å²) < 4.78 is 17.0. The number of carbonyl (C=O) groups is 2. The minimum absolute atomic E-state index is 0.00204. The van der Waals surface area contributed by atoms with E-state index >= 15 is 0 Å². The summed E-state index contributed by atoms with van der Waals surface area (Å²) in [5, 5.41) is 12.5. The molecule has 7 heteroatoms. The molecule has 160 valence electrons. The maximum atomic E-state index is 12.5. The van der Waals surface area contributed by atoms with E-state index in [0.717, 1.165) is 11.1 Å². The minimum atomic E-state index is -0.895. The molecule has 0 unspecified atom stereocenters. The number of carboxylic acid groups (broad SMARTS) is 1. The van der Waals surface area contributed by atoms with Crippen LogP contribution in [-0.2, 0) is 19.0 Å². The number of hydrogen-bond acceptors (Lipinski definition) is 5. The zero-order chi connectivity index (χ0) is 21.3. The summed E-state index contributed by atoms with van der Waals surface area (Å²) in [6.07, 6.45) is 0.267. The number of fused-ring (bicyclic) bond motifs is 3. The van der Waals surface area contributed by atoms with Gasteiger partial charge in [0.05, 0.1) is 25.4 Å². The third-order valence-electron chi connectivity index (χ3n) is 7.51. The smallest absolute Gasteiger partial charge is 0.407 e. The summed E-state index contributed by atoms with van der Waals surface area (Å²) in [6.45, 7) is 1.07. The van der Waals surface area contributed by atoms with Gasteiger partial charge in [0.15, 0.2) is 0 Å². The van der Waals surface area contributed by atoms with E-state index in [2.05, 4.69) is 29.6 Å². The van der Waals surface area contributed by atoms with E-state index in [1.54, 1.807) is 0 Å². The molecule has 1 saturated carbocycles. The van der Waals surface area contributed by atoms with Crippen LogP contribution in [0.15, 0.2) is 48.5 Å². The summed E-state index contributed by atoms with van der Waals surface area (Å²) in [4.78, 5) is 24.3. The molecule has 1 amide bonds. The number of alkyl carbamates (subject to hydrolysis) is 1. The standard InChI is InChI=1S/C24H23NO6/c26-20(27)23-10-22(11-23,31-24(23)13-29-14-24)12-25-21(28)30-9-19-17-7-3-1-5-15(17)16-6-2-4-8-18(16)19/h1-8,19H,9-14H2,(H,25,28)(H,26,27). The SMILES string of the molecule is O=C(NCC12CC(C(=O)O)(C1)C1(COC1)O2)OCC1c2ccccc2-c2ccccc21. The van der Waals surface area contributed by atoms with Gasteiger partial charge in [-0.25, -0.2) is 4.79 Å². The molecular weight excluding hydrogens is 398 g/mol. The normalized spacial score (nSPS) is 28.9. The largest absolute Gasteiger partial charge is 0.481 e. The maximum Gasteiger partial charge on any atom is 0.407 e. The van der Waals surface area contributed by atoms with Crippen LogP contribution in [0.3, 0.4) is 0 Å². The van der Waals surface area contributed by atoms with Gasteiger partial charge in [0.2, 0.25) is 0 Å². The highest BCUT2D eigenvalue weighted by Crippen LogP contribution is 2.68. The fourth-order valence-corrected chi connectivity index (χ4v) is 5.97. The molecule has 0 radical (unpaired) electrons. The second kappa shape index (κ2) is 6.31. The first-order valence-corrected chi connectivity index (χ1v) is 10.6. The fourth-order valence-electron chi connectivity index (χ4n) is 5.97. The van der Waals surface area contributed by atoms with Crippen molar-refractivity contribution in [3.05, 3.63) is 59.7 Å². The third-order valence-corrected chi connectivity index (χ3v) is 7.51. The topological polar surface area (TPSA) is 94.1 Å². The molecule has 0 atom stereocenters. The molecule has 0 aromatic heterocycles. The monoisotopic (exact) mass is 421 g/mol. The highest BCUT2D eigenvalue weighted by atomic mass is 16.6. The van der Waals surface area contributed by atoms with Crippen molar-refractivity contribution in [3.63, 3.8) is 0 Å². The Hall–Kier alpha value is -2.90. The molecule has 4 fully saturated rings. The van der Waals surface area contributed by atoms with Gasteiger partial charge in [0, 0.05) is 5.92 Å². The molecule has 1 spiro atoms. The third kappa shape index (κ3) is 2.47. The van der Waals surface area contributed by atoms with Crippen LogP contribution in [0.25, 0.3) is 11.1 Å². The van der Waals surface area contributed by atoms with E-state index in [9.17, 15) is 14.7 Å². The van der Waals surface area contributed by atoms with Gasteiger partial charge in [-0.05, 0) is 35.1 Å². The number of carboxylic acids is 1. The van der Waals surface area contributed by atoms with Crippen LogP contribution in [0.5, 0.6) is 0 Å². The molecular formula is C24H23NO6. The van der Waals surface area contributed by atoms with Crippen LogP contribution in [0, 0.1) is 5.41 Å². The summed E-state index contributed by atoms with van der Waals surface area (Å²) in [5.41, 5.74) is 2.39. The summed E-state index contributed by atoms with van der Waals surface area (Å²) in [5.74, 6) is -0.845.